The van der Waals surface area contributed by atoms with Crippen LogP contribution in [0.3, 0.4) is 0 Å². The number of imide groups is 1. The van der Waals surface area contributed by atoms with Crippen molar-refractivity contribution in [2.75, 3.05) is 0 Å². The largest absolute Gasteiger partial charge is 0.289 e. The molecule has 0 spiro atoms. The van der Waals surface area contributed by atoms with Crippen LogP contribution in [-0.2, 0) is 9.59 Å². The summed E-state index contributed by atoms with van der Waals surface area (Å²) < 4.78 is 0. The second-order valence-corrected chi connectivity index (χ2v) is 2.03. The number of carbonyl (C=O) groups excluding carboxylic acids is 2. The minimum Gasteiger partial charge on any atom is -0.289 e. The van der Waals surface area contributed by atoms with Crippen LogP contribution in [0, 0.1) is 0 Å². The van der Waals surface area contributed by atoms with Crippen LogP contribution in [0.4, 0.5) is 0 Å². The Balaban J connectivity index is 0.000000461. The van der Waals surface area contributed by atoms with Crippen molar-refractivity contribution in [1.82, 2.24) is 5.32 Å². The standard InChI is InChI=1S/C6H7NO2.C2H6/c1-3-4(2)6(9)7-5(3)8;1-2/h1-2H3,(H,7,8,9);1-2H3. The summed E-state index contributed by atoms with van der Waals surface area (Å²) in [6.07, 6.45) is 0. The quantitative estimate of drug-likeness (QED) is 0.530. The third-order valence-corrected chi connectivity index (χ3v) is 1.47. The van der Waals surface area contributed by atoms with E-state index in [4.69, 9.17) is 0 Å². The molecule has 2 amide bonds. The number of carbonyl (C=O) groups is 2. The van der Waals surface area contributed by atoms with Crippen LogP contribution in [0.5, 0.6) is 0 Å². The molecule has 3 heteroatoms. The van der Waals surface area contributed by atoms with E-state index in [0.29, 0.717) is 11.1 Å². The van der Waals surface area contributed by atoms with Crippen LogP contribution in [0.1, 0.15) is 27.7 Å². The van der Waals surface area contributed by atoms with Gasteiger partial charge in [0.05, 0.1) is 0 Å². The summed E-state index contributed by atoms with van der Waals surface area (Å²) in [6.45, 7) is 7.27. The van der Waals surface area contributed by atoms with E-state index in [0.717, 1.165) is 0 Å². The molecule has 1 aliphatic rings. The Bertz CT molecular complexity index is 194. The van der Waals surface area contributed by atoms with Gasteiger partial charge in [-0.15, -0.1) is 0 Å². The Kier molecular flexibility index (Phi) is 3.51. The van der Waals surface area contributed by atoms with Crippen molar-refractivity contribution in [3.8, 4) is 0 Å². The number of nitrogens with one attached hydrogen (secondary N) is 1. The minimum absolute atomic E-state index is 0.266. The first-order chi connectivity index (χ1) is 5.13. The SMILES string of the molecule is CC.CC1=C(C)C(=O)NC1=O. The van der Waals surface area contributed by atoms with Crippen LogP contribution in [0.2, 0.25) is 0 Å². The second kappa shape index (κ2) is 3.91. The zero-order valence-electron chi connectivity index (χ0n) is 7.32. The van der Waals surface area contributed by atoms with Gasteiger partial charge in [0.15, 0.2) is 0 Å². The highest BCUT2D eigenvalue weighted by atomic mass is 16.2. The fraction of sp³-hybridized carbons (Fsp3) is 0.500. The highest BCUT2D eigenvalue weighted by Crippen LogP contribution is 2.09. The van der Waals surface area contributed by atoms with Gasteiger partial charge >= 0.3 is 0 Å². The molecule has 1 aliphatic heterocycles. The van der Waals surface area contributed by atoms with Crippen LogP contribution >= 0.6 is 0 Å². The molecule has 0 unspecified atom stereocenters. The van der Waals surface area contributed by atoms with Gasteiger partial charge in [-0.25, -0.2) is 0 Å². The first kappa shape index (κ1) is 9.88. The number of hydrogen-bond acceptors (Lipinski definition) is 2. The van der Waals surface area contributed by atoms with Gasteiger partial charge in [0.25, 0.3) is 11.8 Å². The molecule has 1 rings (SSSR count). The van der Waals surface area contributed by atoms with Crippen molar-refractivity contribution in [3.63, 3.8) is 0 Å². The lowest BCUT2D eigenvalue weighted by atomic mass is 10.2. The molecular weight excluding hydrogens is 142 g/mol. The third-order valence-electron chi connectivity index (χ3n) is 1.47. The van der Waals surface area contributed by atoms with Gasteiger partial charge in [-0.1, -0.05) is 13.8 Å². The molecule has 0 aromatic heterocycles. The van der Waals surface area contributed by atoms with E-state index < -0.39 is 0 Å². The average Bonchev–Trinajstić information content (AvgIpc) is 2.22. The summed E-state index contributed by atoms with van der Waals surface area (Å²) in [5.74, 6) is -0.532. The topological polar surface area (TPSA) is 46.2 Å². The van der Waals surface area contributed by atoms with Crippen LogP contribution in [0.15, 0.2) is 11.1 Å². The van der Waals surface area contributed by atoms with Crippen molar-refractivity contribution in [2.45, 2.75) is 27.7 Å². The van der Waals surface area contributed by atoms with Gasteiger partial charge in [-0.2, -0.15) is 0 Å². The van der Waals surface area contributed by atoms with Gasteiger partial charge in [0.1, 0.15) is 0 Å². The van der Waals surface area contributed by atoms with Gasteiger partial charge in [-0.3, -0.25) is 14.9 Å². The highest BCUT2D eigenvalue weighted by molar-refractivity contribution is 6.18. The molecule has 0 fully saturated rings. The van der Waals surface area contributed by atoms with Crippen molar-refractivity contribution < 1.29 is 9.59 Å². The number of amides is 2. The summed E-state index contributed by atoms with van der Waals surface area (Å²) in [7, 11) is 0. The molecule has 0 aromatic rings. The van der Waals surface area contributed by atoms with Crippen molar-refractivity contribution >= 4 is 11.8 Å². The van der Waals surface area contributed by atoms with Crippen molar-refractivity contribution in [1.29, 1.82) is 0 Å². The summed E-state index contributed by atoms with van der Waals surface area (Å²) in [4.78, 5) is 21.2. The second-order valence-electron chi connectivity index (χ2n) is 2.03. The summed E-state index contributed by atoms with van der Waals surface area (Å²) >= 11 is 0. The monoisotopic (exact) mass is 155 g/mol. The maximum absolute atomic E-state index is 10.6. The molecule has 0 radical (unpaired) electrons. The zero-order valence-corrected chi connectivity index (χ0v) is 7.32. The molecule has 1 N–H and O–H groups in total. The minimum atomic E-state index is -0.266. The third kappa shape index (κ3) is 1.90. The van der Waals surface area contributed by atoms with Crippen molar-refractivity contribution in [2.24, 2.45) is 0 Å². The van der Waals surface area contributed by atoms with E-state index in [9.17, 15) is 9.59 Å². The molecule has 0 atom stereocenters. The molecule has 11 heavy (non-hydrogen) atoms. The van der Waals surface area contributed by atoms with Crippen LogP contribution < -0.4 is 5.32 Å². The van der Waals surface area contributed by atoms with Gasteiger partial charge in [0.2, 0.25) is 0 Å². The Morgan fingerprint density at radius 1 is 0.909 bits per heavy atom. The fourth-order valence-electron chi connectivity index (χ4n) is 0.631. The Hall–Kier alpha value is -1.12. The molecule has 0 aromatic carbocycles. The predicted octanol–water partition coefficient (Wildman–Crippen LogP) is 1.01. The van der Waals surface area contributed by atoms with Gasteiger partial charge in [-0.05, 0) is 13.8 Å². The van der Waals surface area contributed by atoms with Gasteiger partial charge < -0.3 is 0 Å². The summed E-state index contributed by atoms with van der Waals surface area (Å²) in [6, 6.07) is 0. The molecule has 3 nitrogen and oxygen atoms in total. The lowest BCUT2D eigenvalue weighted by Gasteiger charge is -1.84. The fourth-order valence-corrected chi connectivity index (χ4v) is 0.631. The van der Waals surface area contributed by atoms with Crippen LogP contribution in [0.25, 0.3) is 0 Å². The molecule has 0 saturated carbocycles. The average molecular weight is 155 g/mol. The predicted molar refractivity (Wildman–Crippen MR) is 42.9 cm³/mol. The van der Waals surface area contributed by atoms with E-state index in [1.165, 1.54) is 0 Å². The maximum atomic E-state index is 10.6. The smallest absolute Gasteiger partial charge is 0.254 e. The van der Waals surface area contributed by atoms with E-state index in [-0.39, 0.29) is 11.8 Å². The molecule has 62 valence electrons. The number of rotatable bonds is 0. The Morgan fingerprint density at radius 2 is 1.18 bits per heavy atom. The molecular formula is C8H13NO2. The molecule has 0 aliphatic carbocycles. The normalized spacial score (nSPS) is 16.0. The Labute approximate surface area is 66.5 Å². The molecule has 0 bridgehead atoms. The molecule has 1 heterocycles. The van der Waals surface area contributed by atoms with Gasteiger partial charge in [0, 0.05) is 11.1 Å². The maximum Gasteiger partial charge on any atom is 0.254 e. The first-order valence-corrected chi connectivity index (χ1v) is 3.66. The van der Waals surface area contributed by atoms with E-state index in [2.05, 4.69) is 5.32 Å². The van der Waals surface area contributed by atoms with E-state index in [1.807, 2.05) is 13.8 Å². The van der Waals surface area contributed by atoms with E-state index >= 15 is 0 Å². The first-order valence-electron chi connectivity index (χ1n) is 3.66. The lowest BCUT2D eigenvalue weighted by Crippen LogP contribution is -2.22. The zero-order chi connectivity index (χ0) is 9.02. The molecule has 0 saturated heterocycles. The lowest BCUT2D eigenvalue weighted by molar-refractivity contribution is -0.124. The number of hydrogen-bond donors (Lipinski definition) is 1. The van der Waals surface area contributed by atoms with E-state index in [1.54, 1.807) is 13.8 Å². The van der Waals surface area contributed by atoms with Crippen molar-refractivity contribution in [3.05, 3.63) is 11.1 Å². The Morgan fingerprint density at radius 3 is 1.27 bits per heavy atom. The summed E-state index contributed by atoms with van der Waals surface area (Å²) in [5.41, 5.74) is 1.06. The summed E-state index contributed by atoms with van der Waals surface area (Å²) in [5, 5.41) is 2.16. The van der Waals surface area contributed by atoms with Crippen LogP contribution in [-0.4, -0.2) is 11.8 Å². The highest BCUT2D eigenvalue weighted by Gasteiger charge is 2.22.